The van der Waals surface area contributed by atoms with Gasteiger partial charge in [-0.15, -0.1) is 0 Å². The monoisotopic (exact) mass is 568 g/mol. The number of rotatable bonds is 8. The Balaban J connectivity index is 1.40. The van der Waals surface area contributed by atoms with Crippen LogP contribution in [0.3, 0.4) is 0 Å². The normalized spacial score (nSPS) is 15.2. The summed E-state index contributed by atoms with van der Waals surface area (Å²) in [6.07, 6.45) is 6.62. The van der Waals surface area contributed by atoms with Crippen molar-refractivity contribution in [3.63, 3.8) is 0 Å². The second kappa shape index (κ2) is 12.0. The largest absolute Gasteiger partial charge is 0.490 e. The van der Waals surface area contributed by atoms with Crippen LogP contribution in [0.4, 0.5) is 22.7 Å². The van der Waals surface area contributed by atoms with Gasteiger partial charge in [0, 0.05) is 54.6 Å². The van der Waals surface area contributed by atoms with Gasteiger partial charge >= 0.3 is 11.9 Å². The molecule has 0 atom stereocenters. The van der Waals surface area contributed by atoms with Gasteiger partial charge in [-0.2, -0.15) is 0 Å². The van der Waals surface area contributed by atoms with Crippen molar-refractivity contribution in [1.29, 1.82) is 0 Å². The number of nitrogens with one attached hydrogen (secondary N) is 1. The Morgan fingerprint density at radius 2 is 1.98 bits per heavy atom. The zero-order chi connectivity index (χ0) is 29.1. The average molecular weight is 569 g/mol. The molecule has 2 aromatic heterocycles. The van der Waals surface area contributed by atoms with E-state index in [1.807, 2.05) is 30.5 Å². The van der Waals surface area contributed by atoms with E-state index in [-0.39, 0.29) is 23.8 Å². The van der Waals surface area contributed by atoms with Crippen LogP contribution in [0, 0.1) is 0 Å². The van der Waals surface area contributed by atoms with E-state index in [1.54, 1.807) is 13.0 Å². The maximum atomic E-state index is 13.0. The fourth-order valence-electron chi connectivity index (χ4n) is 5.50. The zero-order valence-corrected chi connectivity index (χ0v) is 23.3. The highest BCUT2D eigenvalue weighted by Gasteiger charge is 2.23. The lowest BCUT2D eigenvalue weighted by atomic mass is 10.0. The van der Waals surface area contributed by atoms with E-state index in [0.29, 0.717) is 41.2 Å². The van der Waals surface area contributed by atoms with Crippen LogP contribution < -0.4 is 15.0 Å². The Hall–Kier alpha value is -4.70. The molecule has 0 bridgehead atoms. The number of pyridine rings is 2. The topological polar surface area (TPSA) is 123 Å². The molecule has 42 heavy (non-hydrogen) atoms. The van der Waals surface area contributed by atoms with Gasteiger partial charge in [-0.3, -0.25) is 9.97 Å². The van der Waals surface area contributed by atoms with E-state index in [9.17, 15) is 14.7 Å². The van der Waals surface area contributed by atoms with Gasteiger partial charge in [0.15, 0.2) is 0 Å². The van der Waals surface area contributed by atoms with Gasteiger partial charge in [0.1, 0.15) is 17.4 Å². The molecule has 2 N–H and O–H groups in total. The van der Waals surface area contributed by atoms with Crippen LogP contribution in [0.2, 0.25) is 0 Å². The average Bonchev–Trinajstić information content (AvgIpc) is 3.01. The number of carboxylic acid groups (broad SMARTS) is 1. The third-order valence-electron chi connectivity index (χ3n) is 7.51. The standard InChI is InChI=1S/C32H32N4O6/c1-2-41-32(39)26-19-34-28-18-22(36-12-4-5-27-29(36)6-3-11-33-27)7-8-25(28)30(26)35-21-15-20(31(37)38)16-24(17-21)42-23-9-13-40-14-10-23/h3,6-8,11,15-19,23H,2,4-5,9-10,12-14H2,1H3,(H,34,35)(H,37,38). The number of hydrogen-bond acceptors (Lipinski definition) is 9. The Bertz CT molecular complexity index is 1640. The number of esters is 1. The number of carbonyl (C=O) groups is 2. The second-order valence-electron chi connectivity index (χ2n) is 10.3. The molecule has 0 spiro atoms. The van der Waals surface area contributed by atoms with Gasteiger partial charge in [-0.05, 0) is 62.2 Å². The van der Waals surface area contributed by atoms with Crippen LogP contribution in [0.5, 0.6) is 5.75 Å². The summed E-state index contributed by atoms with van der Waals surface area (Å²) in [6, 6.07) is 14.7. The molecule has 4 aromatic rings. The summed E-state index contributed by atoms with van der Waals surface area (Å²) in [7, 11) is 0. The Morgan fingerprint density at radius 3 is 2.79 bits per heavy atom. The number of benzene rings is 2. The van der Waals surface area contributed by atoms with Crippen molar-refractivity contribution in [1.82, 2.24) is 9.97 Å². The molecule has 1 saturated heterocycles. The first-order valence-corrected chi connectivity index (χ1v) is 14.2. The lowest BCUT2D eigenvalue weighted by Gasteiger charge is -2.30. The number of hydrogen-bond donors (Lipinski definition) is 2. The number of nitrogens with zero attached hydrogens (tertiary/aromatic N) is 3. The minimum atomic E-state index is -1.08. The minimum absolute atomic E-state index is 0.0674. The highest BCUT2D eigenvalue weighted by molar-refractivity contribution is 6.07. The SMILES string of the molecule is CCOC(=O)c1cnc2cc(N3CCCc4ncccc43)ccc2c1Nc1cc(OC2CCOCC2)cc(C(=O)O)c1. The molecule has 2 aliphatic rings. The van der Waals surface area contributed by atoms with Crippen molar-refractivity contribution in [2.75, 3.05) is 36.6 Å². The molecule has 10 heteroatoms. The Labute approximate surface area is 243 Å². The van der Waals surface area contributed by atoms with Gasteiger partial charge in [-0.25, -0.2) is 9.59 Å². The van der Waals surface area contributed by atoms with Gasteiger partial charge in [-0.1, -0.05) is 0 Å². The second-order valence-corrected chi connectivity index (χ2v) is 10.3. The van der Waals surface area contributed by atoms with Crippen molar-refractivity contribution < 1.29 is 28.9 Å². The third kappa shape index (κ3) is 5.71. The number of carboxylic acids is 1. The third-order valence-corrected chi connectivity index (χ3v) is 7.51. The van der Waals surface area contributed by atoms with Crippen molar-refractivity contribution in [2.45, 2.75) is 38.7 Å². The number of ether oxygens (including phenoxy) is 3. The zero-order valence-electron chi connectivity index (χ0n) is 23.3. The predicted molar refractivity (Wildman–Crippen MR) is 158 cm³/mol. The molecular weight excluding hydrogens is 536 g/mol. The van der Waals surface area contributed by atoms with Crippen molar-refractivity contribution in [3.05, 3.63) is 77.7 Å². The molecule has 2 aliphatic heterocycles. The van der Waals surface area contributed by atoms with Crippen LogP contribution in [0.1, 0.15) is 52.6 Å². The number of fused-ring (bicyclic) bond motifs is 2. The number of anilines is 4. The maximum absolute atomic E-state index is 13.0. The van der Waals surface area contributed by atoms with E-state index in [4.69, 9.17) is 14.2 Å². The summed E-state index contributed by atoms with van der Waals surface area (Å²) in [5.74, 6) is -1.18. The Kier molecular flexibility index (Phi) is 7.87. The molecule has 0 aliphatic carbocycles. The fourth-order valence-corrected chi connectivity index (χ4v) is 5.50. The fraction of sp³-hybridized carbons (Fsp3) is 0.312. The number of aromatic nitrogens is 2. The molecule has 216 valence electrons. The number of carbonyl (C=O) groups excluding carboxylic acids is 1. The van der Waals surface area contributed by atoms with Crippen LogP contribution in [-0.2, 0) is 15.9 Å². The molecule has 2 aromatic carbocycles. The van der Waals surface area contributed by atoms with Crippen molar-refractivity contribution >= 4 is 45.6 Å². The predicted octanol–water partition coefficient (Wildman–Crippen LogP) is 5.89. The smallest absolute Gasteiger partial charge is 0.341 e. The van der Waals surface area contributed by atoms with Crippen LogP contribution in [0.25, 0.3) is 10.9 Å². The summed E-state index contributed by atoms with van der Waals surface area (Å²) in [5.41, 5.74) is 5.04. The lowest BCUT2D eigenvalue weighted by Crippen LogP contribution is -2.26. The molecule has 4 heterocycles. The highest BCUT2D eigenvalue weighted by Crippen LogP contribution is 2.37. The minimum Gasteiger partial charge on any atom is -0.490 e. The van der Waals surface area contributed by atoms with Gasteiger partial charge in [0.2, 0.25) is 0 Å². The number of aryl methyl sites for hydroxylation is 1. The van der Waals surface area contributed by atoms with Crippen LogP contribution in [0.15, 0.2) is 60.9 Å². The summed E-state index contributed by atoms with van der Waals surface area (Å²) < 4.78 is 16.9. The molecular formula is C32H32N4O6. The summed E-state index contributed by atoms with van der Waals surface area (Å²) >= 11 is 0. The summed E-state index contributed by atoms with van der Waals surface area (Å²) in [5, 5.41) is 13.8. The summed E-state index contributed by atoms with van der Waals surface area (Å²) in [4.78, 5) is 36.4. The van der Waals surface area contributed by atoms with Gasteiger partial charge in [0.25, 0.3) is 0 Å². The van der Waals surface area contributed by atoms with Crippen molar-refractivity contribution in [2.24, 2.45) is 0 Å². The first-order chi connectivity index (χ1) is 20.5. The van der Waals surface area contributed by atoms with Crippen LogP contribution in [-0.4, -0.2) is 59.5 Å². The number of aromatic carboxylic acids is 1. The first kappa shape index (κ1) is 27.5. The van der Waals surface area contributed by atoms with Gasteiger partial charge in [0.05, 0.1) is 48.0 Å². The molecule has 0 unspecified atom stereocenters. The van der Waals surface area contributed by atoms with Crippen molar-refractivity contribution in [3.8, 4) is 5.75 Å². The van der Waals surface area contributed by atoms with E-state index in [0.717, 1.165) is 49.3 Å². The van der Waals surface area contributed by atoms with E-state index in [2.05, 4.69) is 26.3 Å². The summed E-state index contributed by atoms with van der Waals surface area (Å²) in [6.45, 7) is 4.00. The first-order valence-electron chi connectivity index (χ1n) is 14.2. The molecule has 0 amide bonds. The van der Waals surface area contributed by atoms with E-state index < -0.39 is 11.9 Å². The van der Waals surface area contributed by atoms with Crippen LogP contribution >= 0.6 is 0 Å². The Morgan fingerprint density at radius 1 is 1.12 bits per heavy atom. The molecule has 0 radical (unpaired) electrons. The molecule has 6 rings (SSSR count). The highest BCUT2D eigenvalue weighted by atomic mass is 16.5. The molecule has 0 saturated carbocycles. The molecule has 1 fully saturated rings. The maximum Gasteiger partial charge on any atom is 0.341 e. The van der Waals surface area contributed by atoms with E-state index >= 15 is 0 Å². The quantitative estimate of drug-likeness (QED) is 0.249. The van der Waals surface area contributed by atoms with Gasteiger partial charge < -0.3 is 29.5 Å². The molecule has 10 nitrogen and oxygen atoms in total. The van der Waals surface area contributed by atoms with E-state index in [1.165, 1.54) is 18.3 Å². The lowest BCUT2D eigenvalue weighted by molar-refractivity contribution is 0.0255.